The van der Waals surface area contributed by atoms with Crippen LogP contribution in [0.4, 0.5) is 5.95 Å². The van der Waals surface area contributed by atoms with Gasteiger partial charge in [-0.2, -0.15) is 4.31 Å². The topological polar surface area (TPSA) is 101 Å². The molecule has 3 N–H and O–H groups in total. The largest absolute Gasteiger partial charge is 0.292 e. The van der Waals surface area contributed by atoms with Crippen molar-refractivity contribution >= 4 is 16.0 Å². The molecule has 0 spiro atoms. The molecule has 0 aromatic carbocycles. The Morgan fingerprint density at radius 2 is 2.05 bits per heavy atom. The van der Waals surface area contributed by atoms with E-state index in [0.29, 0.717) is 19.0 Å². The van der Waals surface area contributed by atoms with Gasteiger partial charge < -0.3 is 0 Å². The van der Waals surface area contributed by atoms with Gasteiger partial charge in [-0.05, 0) is 25.2 Å². The molecule has 1 aromatic heterocycles. The minimum absolute atomic E-state index is 0.112. The summed E-state index contributed by atoms with van der Waals surface area (Å²) in [4.78, 5) is 7.81. The zero-order valence-corrected chi connectivity index (χ0v) is 11.7. The Labute approximate surface area is 113 Å². The summed E-state index contributed by atoms with van der Waals surface area (Å²) in [5, 5.41) is 0. The highest BCUT2D eigenvalue weighted by Crippen LogP contribution is 2.31. The van der Waals surface area contributed by atoms with E-state index in [1.165, 1.54) is 16.7 Å². The van der Waals surface area contributed by atoms with Crippen molar-refractivity contribution < 1.29 is 8.42 Å². The van der Waals surface area contributed by atoms with E-state index in [4.69, 9.17) is 5.84 Å². The maximum Gasteiger partial charge on any atom is 0.246 e. The average molecular weight is 285 g/mol. The van der Waals surface area contributed by atoms with Crippen LogP contribution in [-0.2, 0) is 10.0 Å². The Morgan fingerprint density at radius 3 is 2.53 bits per heavy atom. The van der Waals surface area contributed by atoms with Crippen molar-refractivity contribution in [2.75, 3.05) is 18.5 Å². The van der Waals surface area contributed by atoms with Gasteiger partial charge in [0.15, 0.2) is 0 Å². The molecule has 106 valence electrons. The Morgan fingerprint density at radius 1 is 1.42 bits per heavy atom. The van der Waals surface area contributed by atoms with E-state index in [-0.39, 0.29) is 10.8 Å². The standard InChI is InChI=1S/C11H19N5O2S/c1-2-5-16(8-9-3-4-9)19(17,18)10-6-13-11(15-12)14-7-10/h6-7,9H,2-5,8,12H2,1H3,(H,13,14,15). The number of nitrogen functional groups attached to an aromatic ring is 1. The van der Waals surface area contributed by atoms with Gasteiger partial charge in [-0.3, -0.25) is 5.43 Å². The highest BCUT2D eigenvalue weighted by Gasteiger charge is 2.31. The highest BCUT2D eigenvalue weighted by atomic mass is 32.2. The van der Waals surface area contributed by atoms with Gasteiger partial charge in [0.1, 0.15) is 4.90 Å². The second-order valence-corrected chi connectivity index (χ2v) is 6.63. The first-order valence-corrected chi connectivity index (χ1v) is 7.80. The van der Waals surface area contributed by atoms with Crippen molar-refractivity contribution in [1.29, 1.82) is 0 Å². The van der Waals surface area contributed by atoms with E-state index >= 15 is 0 Å². The number of aromatic nitrogens is 2. The maximum absolute atomic E-state index is 12.5. The van der Waals surface area contributed by atoms with Crippen LogP contribution in [0.5, 0.6) is 0 Å². The molecule has 1 saturated carbocycles. The number of nitrogens with zero attached hydrogens (tertiary/aromatic N) is 3. The van der Waals surface area contributed by atoms with E-state index in [1.54, 1.807) is 0 Å². The van der Waals surface area contributed by atoms with E-state index < -0.39 is 10.0 Å². The summed E-state index contributed by atoms with van der Waals surface area (Å²) in [6, 6.07) is 0. The molecule has 0 amide bonds. The fourth-order valence-electron chi connectivity index (χ4n) is 1.82. The minimum atomic E-state index is -3.50. The summed E-state index contributed by atoms with van der Waals surface area (Å²) in [6.45, 7) is 3.08. The van der Waals surface area contributed by atoms with Crippen LogP contribution in [0.15, 0.2) is 17.3 Å². The fraction of sp³-hybridized carbons (Fsp3) is 0.636. The number of sulfonamides is 1. The van der Waals surface area contributed by atoms with Gasteiger partial charge in [-0.1, -0.05) is 6.92 Å². The van der Waals surface area contributed by atoms with Crippen LogP contribution >= 0.6 is 0 Å². The van der Waals surface area contributed by atoms with Crippen LogP contribution < -0.4 is 11.3 Å². The van der Waals surface area contributed by atoms with Crippen molar-refractivity contribution in [3.63, 3.8) is 0 Å². The summed E-state index contributed by atoms with van der Waals surface area (Å²) >= 11 is 0. The maximum atomic E-state index is 12.5. The third kappa shape index (κ3) is 3.40. The number of anilines is 1. The van der Waals surface area contributed by atoms with Crippen LogP contribution in [0.3, 0.4) is 0 Å². The molecule has 1 aliphatic rings. The van der Waals surface area contributed by atoms with Crippen LogP contribution in [0, 0.1) is 5.92 Å². The molecule has 0 unspecified atom stereocenters. The van der Waals surface area contributed by atoms with E-state index in [9.17, 15) is 8.42 Å². The summed E-state index contributed by atoms with van der Waals surface area (Å²) in [7, 11) is -3.50. The zero-order chi connectivity index (χ0) is 13.9. The molecule has 1 fully saturated rings. The lowest BCUT2D eigenvalue weighted by Gasteiger charge is -2.21. The lowest BCUT2D eigenvalue weighted by atomic mass is 10.4. The molecule has 1 aromatic rings. The molecule has 0 atom stereocenters. The predicted octanol–water partition coefficient (Wildman–Crippen LogP) is 0.573. The number of nitrogens with two attached hydrogens (primary N) is 1. The number of rotatable bonds is 7. The molecule has 1 heterocycles. The van der Waals surface area contributed by atoms with Crippen molar-refractivity contribution in [2.45, 2.75) is 31.1 Å². The fourth-order valence-corrected chi connectivity index (χ4v) is 3.32. The number of hydrazine groups is 1. The smallest absolute Gasteiger partial charge is 0.246 e. The van der Waals surface area contributed by atoms with E-state index in [2.05, 4.69) is 15.4 Å². The summed E-state index contributed by atoms with van der Waals surface area (Å²) in [6.07, 6.45) is 5.58. The Balaban J connectivity index is 2.20. The molecule has 19 heavy (non-hydrogen) atoms. The quantitative estimate of drug-likeness (QED) is 0.561. The lowest BCUT2D eigenvalue weighted by Crippen LogP contribution is -2.33. The monoisotopic (exact) mass is 285 g/mol. The third-order valence-corrected chi connectivity index (χ3v) is 4.84. The van der Waals surface area contributed by atoms with Gasteiger partial charge in [-0.15, -0.1) is 0 Å². The van der Waals surface area contributed by atoms with Crippen molar-refractivity contribution in [1.82, 2.24) is 14.3 Å². The number of hydrogen-bond donors (Lipinski definition) is 2. The van der Waals surface area contributed by atoms with Gasteiger partial charge in [0.05, 0.1) is 12.4 Å². The summed E-state index contributed by atoms with van der Waals surface area (Å²) in [5.74, 6) is 5.86. The van der Waals surface area contributed by atoms with Crippen molar-refractivity contribution in [2.24, 2.45) is 11.8 Å². The second-order valence-electron chi connectivity index (χ2n) is 4.69. The molecule has 2 rings (SSSR count). The molecule has 0 bridgehead atoms. The SMILES string of the molecule is CCCN(CC1CC1)S(=O)(=O)c1cnc(NN)nc1. The van der Waals surface area contributed by atoms with Gasteiger partial charge in [0.25, 0.3) is 0 Å². The van der Waals surface area contributed by atoms with Crippen LogP contribution in [0.25, 0.3) is 0 Å². The number of nitrogens with one attached hydrogen (secondary N) is 1. The van der Waals surface area contributed by atoms with Crippen molar-refractivity contribution in [3.8, 4) is 0 Å². The molecule has 1 aliphatic carbocycles. The summed E-state index contributed by atoms with van der Waals surface area (Å²) < 4.78 is 26.5. The average Bonchev–Trinajstić information content (AvgIpc) is 3.22. The third-order valence-electron chi connectivity index (χ3n) is 3.03. The molecule has 8 heteroatoms. The molecule has 0 radical (unpaired) electrons. The molecular weight excluding hydrogens is 266 g/mol. The Hall–Kier alpha value is -1.25. The zero-order valence-electron chi connectivity index (χ0n) is 10.9. The van der Waals surface area contributed by atoms with Gasteiger partial charge in [-0.25, -0.2) is 24.2 Å². The molecule has 0 aliphatic heterocycles. The van der Waals surface area contributed by atoms with E-state index in [1.807, 2.05) is 6.92 Å². The van der Waals surface area contributed by atoms with Crippen LogP contribution in [0.2, 0.25) is 0 Å². The molecule has 7 nitrogen and oxygen atoms in total. The molecule has 0 saturated heterocycles. The van der Waals surface area contributed by atoms with Crippen LogP contribution in [-0.4, -0.2) is 35.8 Å². The predicted molar refractivity (Wildman–Crippen MR) is 71.6 cm³/mol. The minimum Gasteiger partial charge on any atom is -0.292 e. The highest BCUT2D eigenvalue weighted by molar-refractivity contribution is 7.89. The summed E-state index contributed by atoms with van der Waals surface area (Å²) in [5.41, 5.74) is 2.27. The van der Waals surface area contributed by atoms with Gasteiger partial charge >= 0.3 is 0 Å². The van der Waals surface area contributed by atoms with E-state index in [0.717, 1.165) is 19.3 Å². The first kappa shape index (κ1) is 14.2. The normalized spacial score (nSPS) is 15.7. The van der Waals surface area contributed by atoms with Gasteiger partial charge in [0.2, 0.25) is 16.0 Å². The van der Waals surface area contributed by atoms with Crippen LogP contribution in [0.1, 0.15) is 26.2 Å². The Bertz CT molecular complexity index is 512. The lowest BCUT2D eigenvalue weighted by molar-refractivity contribution is 0.395. The number of hydrogen-bond acceptors (Lipinski definition) is 6. The first-order valence-electron chi connectivity index (χ1n) is 6.36. The Kier molecular flexibility index (Phi) is 4.33. The second kappa shape index (κ2) is 5.81. The molecular formula is C11H19N5O2S. The van der Waals surface area contributed by atoms with Crippen molar-refractivity contribution in [3.05, 3.63) is 12.4 Å². The van der Waals surface area contributed by atoms with Gasteiger partial charge in [0, 0.05) is 13.1 Å². The first-order chi connectivity index (χ1) is 9.07.